The third-order valence-electron chi connectivity index (χ3n) is 2.73. The lowest BCUT2D eigenvalue weighted by atomic mass is 9.79. The molecule has 0 radical (unpaired) electrons. The summed E-state index contributed by atoms with van der Waals surface area (Å²) in [5.74, 6) is 0. The second-order valence-corrected chi connectivity index (χ2v) is 5.00. The van der Waals surface area contributed by atoms with Crippen LogP contribution in [0.3, 0.4) is 0 Å². The van der Waals surface area contributed by atoms with Gasteiger partial charge in [0.15, 0.2) is 0 Å². The van der Waals surface area contributed by atoms with Gasteiger partial charge in [0.1, 0.15) is 0 Å². The van der Waals surface area contributed by atoms with Crippen molar-refractivity contribution in [3.05, 3.63) is 0 Å². The van der Waals surface area contributed by atoms with Gasteiger partial charge in [-0.15, -0.1) is 0 Å². The highest BCUT2D eigenvalue weighted by molar-refractivity contribution is 5.65. The first kappa shape index (κ1) is 11.3. The fourth-order valence-corrected chi connectivity index (χ4v) is 2.23. The van der Waals surface area contributed by atoms with Crippen LogP contribution in [0.5, 0.6) is 0 Å². The maximum Gasteiger partial charge on any atom is 0.407 e. The molecular weight excluding hydrogens is 182 g/mol. The van der Waals surface area contributed by atoms with Crippen LogP contribution in [-0.2, 0) is 0 Å². The summed E-state index contributed by atoms with van der Waals surface area (Å²) in [5.41, 5.74) is -0.210. The van der Waals surface area contributed by atoms with Crippen LogP contribution in [0.25, 0.3) is 0 Å². The summed E-state index contributed by atoms with van der Waals surface area (Å²) in [4.78, 5) is 12.3. The van der Waals surface area contributed by atoms with Gasteiger partial charge in [0.05, 0.1) is 12.1 Å². The van der Waals surface area contributed by atoms with Crippen LogP contribution in [-0.4, -0.2) is 39.9 Å². The van der Waals surface area contributed by atoms with Crippen LogP contribution in [0.4, 0.5) is 4.79 Å². The van der Waals surface area contributed by atoms with Crippen LogP contribution >= 0.6 is 0 Å². The number of amides is 1. The first-order chi connectivity index (χ1) is 6.34. The molecule has 4 nitrogen and oxygen atoms in total. The summed E-state index contributed by atoms with van der Waals surface area (Å²) in [5, 5.41) is 18.8. The fraction of sp³-hybridized carbons (Fsp3) is 0.900. The van der Waals surface area contributed by atoms with E-state index in [4.69, 9.17) is 5.11 Å². The molecule has 0 saturated carbocycles. The van der Waals surface area contributed by atoms with Crippen molar-refractivity contribution in [1.82, 2.24) is 4.90 Å². The number of nitrogens with zero attached hydrogens (tertiary/aromatic N) is 1. The summed E-state index contributed by atoms with van der Waals surface area (Å²) in [7, 11) is 0. The monoisotopic (exact) mass is 201 g/mol. The minimum absolute atomic E-state index is 0.210. The first-order valence-electron chi connectivity index (χ1n) is 5.01. The number of piperidine rings is 1. The molecular formula is C10H19NO3. The number of likely N-dealkylation sites (tertiary alicyclic amines) is 1. The van der Waals surface area contributed by atoms with Gasteiger partial charge < -0.3 is 15.1 Å². The van der Waals surface area contributed by atoms with Gasteiger partial charge in [-0.05, 0) is 18.3 Å². The Morgan fingerprint density at radius 3 is 2.36 bits per heavy atom. The molecule has 1 amide bonds. The standard InChI is InChI=1S/C10H19NO3/c1-10(2,3)8-7(12)5-4-6-11(8)9(13)14/h7-8,12H,4-6H2,1-3H3,(H,13,14)/t7?,8-/m1/s1. The van der Waals surface area contributed by atoms with E-state index in [0.717, 1.165) is 6.42 Å². The maximum atomic E-state index is 11.0. The van der Waals surface area contributed by atoms with Gasteiger partial charge in [0, 0.05) is 6.54 Å². The molecule has 2 N–H and O–H groups in total. The third kappa shape index (κ3) is 2.18. The Morgan fingerprint density at radius 2 is 2.00 bits per heavy atom. The van der Waals surface area contributed by atoms with E-state index in [0.29, 0.717) is 13.0 Å². The van der Waals surface area contributed by atoms with Gasteiger partial charge >= 0.3 is 6.09 Å². The Bertz CT molecular complexity index is 222. The van der Waals surface area contributed by atoms with E-state index < -0.39 is 12.2 Å². The van der Waals surface area contributed by atoms with Gasteiger partial charge in [0.25, 0.3) is 0 Å². The van der Waals surface area contributed by atoms with Gasteiger partial charge in [-0.25, -0.2) is 4.79 Å². The van der Waals surface area contributed by atoms with Crippen molar-refractivity contribution in [2.24, 2.45) is 5.41 Å². The van der Waals surface area contributed by atoms with E-state index in [1.54, 1.807) is 0 Å². The van der Waals surface area contributed by atoms with Crippen LogP contribution in [0.1, 0.15) is 33.6 Å². The average Bonchev–Trinajstić information content (AvgIpc) is 2.01. The summed E-state index contributed by atoms with van der Waals surface area (Å²) < 4.78 is 0. The predicted octanol–water partition coefficient (Wildman–Crippen LogP) is 1.54. The number of hydrogen-bond acceptors (Lipinski definition) is 2. The maximum absolute atomic E-state index is 11.0. The molecule has 1 aliphatic heterocycles. The van der Waals surface area contributed by atoms with E-state index in [2.05, 4.69) is 0 Å². The van der Waals surface area contributed by atoms with Crippen LogP contribution in [0.15, 0.2) is 0 Å². The average molecular weight is 201 g/mol. The minimum atomic E-state index is -0.927. The summed E-state index contributed by atoms with van der Waals surface area (Å²) in [6.07, 6.45) is -0.00491. The molecule has 1 fully saturated rings. The topological polar surface area (TPSA) is 60.8 Å². The molecule has 1 aliphatic rings. The number of carboxylic acid groups (broad SMARTS) is 1. The van der Waals surface area contributed by atoms with Crippen molar-refractivity contribution in [2.75, 3.05) is 6.54 Å². The molecule has 1 saturated heterocycles. The number of carbonyl (C=O) groups is 1. The third-order valence-corrected chi connectivity index (χ3v) is 2.73. The Kier molecular flexibility index (Phi) is 3.04. The van der Waals surface area contributed by atoms with Gasteiger partial charge in [-0.3, -0.25) is 0 Å². The molecule has 4 heteroatoms. The van der Waals surface area contributed by atoms with E-state index in [1.807, 2.05) is 20.8 Å². The highest BCUT2D eigenvalue weighted by Crippen LogP contribution is 2.32. The van der Waals surface area contributed by atoms with Crippen LogP contribution < -0.4 is 0 Å². The SMILES string of the molecule is CC(C)(C)[C@H]1C(O)CCCN1C(=O)O. The number of rotatable bonds is 0. The molecule has 0 spiro atoms. The minimum Gasteiger partial charge on any atom is -0.465 e. The predicted molar refractivity (Wildman–Crippen MR) is 53.2 cm³/mol. The zero-order chi connectivity index (χ0) is 10.9. The summed E-state index contributed by atoms with van der Waals surface area (Å²) >= 11 is 0. The van der Waals surface area contributed by atoms with Crippen LogP contribution in [0, 0.1) is 5.41 Å². The molecule has 0 aromatic rings. The molecule has 0 aromatic carbocycles. The molecule has 2 atom stereocenters. The number of hydrogen-bond donors (Lipinski definition) is 2. The molecule has 0 aromatic heterocycles. The van der Waals surface area contributed by atoms with Gasteiger partial charge in [0.2, 0.25) is 0 Å². The van der Waals surface area contributed by atoms with Crippen molar-refractivity contribution < 1.29 is 15.0 Å². The zero-order valence-corrected chi connectivity index (χ0v) is 9.03. The van der Waals surface area contributed by atoms with Crippen molar-refractivity contribution in [2.45, 2.75) is 45.8 Å². The van der Waals surface area contributed by atoms with Gasteiger partial charge in [-0.1, -0.05) is 20.8 Å². The molecule has 1 heterocycles. The second-order valence-electron chi connectivity index (χ2n) is 5.00. The molecule has 82 valence electrons. The molecule has 0 bridgehead atoms. The highest BCUT2D eigenvalue weighted by Gasteiger charge is 2.40. The normalized spacial score (nSPS) is 29.0. The summed E-state index contributed by atoms with van der Waals surface area (Å²) in [6, 6.07) is -0.284. The van der Waals surface area contributed by atoms with E-state index in [-0.39, 0.29) is 11.5 Å². The smallest absolute Gasteiger partial charge is 0.407 e. The van der Waals surface area contributed by atoms with E-state index in [1.165, 1.54) is 4.90 Å². The van der Waals surface area contributed by atoms with Crippen molar-refractivity contribution >= 4 is 6.09 Å². The Hall–Kier alpha value is -0.770. The zero-order valence-electron chi connectivity index (χ0n) is 9.03. The largest absolute Gasteiger partial charge is 0.465 e. The Labute approximate surface area is 84.5 Å². The van der Waals surface area contributed by atoms with Crippen molar-refractivity contribution in [3.8, 4) is 0 Å². The second kappa shape index (κ2) is 3.77. The quantitative estimate of drug-likeness (QED) is 0.625. The highest BCUT2D eigenvalue weighted by atomic mass is 16.4. The first-order valence-corrected chi connectivity index (χ1v) is 5.01. The lowest BCUT2D eigenvalue weighted by molar-refractivity contribution is -0.0306. The van der Waals surface area contributed by atoms with E-state index >= 15 is 0 Å². The van der Waals surface area contributed by atoms with E-state index in [9.17, 15) is 9.90 Å². The Morgan fingerprint density at radius 1 is 1.43 bits per heavy atom. The lowest BCUT2D eigenvalue weighted by Crippen LogP contribution is -2.56. The fourth-order valence-electron chi connectivity index (χ4n) is 2.23. The van der Waals surface area contributed by atoms with Crippen molar-refractivity contribution in [1.29, 1.82) is 0 Å². The van der Waals surface area contributed by atoms with Gasteiger partial charge in [-0.2, -0.15) is 0 Å². The number of aliphatic hydroxyl groups excluding tert-OH is 1. The molecule has 1 rings (SSSR count). The Balaban J connectivity index is 2.87. The summed E-state index contributed by atoms with van der Waals surface area (Å²) in [6.45, 7) is 6.42. The molecule has 0 aliphatic carbocycles. The molecule has 1 unspecified atom stereocenters. The number of aliphatic hydroxyl groups is 1. The lowest BCUT2D eigenvalue weighted by Gasteiger charge is -2.44. The van der Waals surface area contributed by atoms with Crippen molar-refractivity contribution in [3.63, 3.8) is 0 Å². The molecule has 14 heavy (non-hydrogen) atoms. The van der Waals surface area contributed by atoms with Crippen LogP contribution in [0.2, 0.25) is 0 Å².